The molecule has 0 bridgehead atoms. The van der Waals surface area contributed by atoms with Gasteiger partial charge in [0.1, 0.15) is 0 Å². The maximum Gasteiger partial charge on any atom is 0.228 e. The SMILES string of the molecule is CCN1CCN(C(=O)C2CC(=O)N(CCc3ccc(C)cc3)C2)CC1. The fraction of sp³-hybridized carbons (Fsp3) is 0.600. The molecule has 2 saturated heterocycles. The van der Waals surface area contributed by atoms with Crippen LogP contribution in [0.1, 0.15) is 24.5 Å². The summed E-state index contributed by atoms with van der Waals surface area (Å²) in [6.45, 7) is 10.0. The Bertz CT molecular complexity index is 606. The van der Waals surface area contributed by atoms with Crippen molar-refractivity contribution < 1.29 is 9.59 Å². The summed E-state index contributed by atoms with van der Waals surface area (Å²) in [6, 6.07) is 8.43. The van der Waals surface area contributed by atoms with Gasteiger partial charge in [0, 0.05) is 45.7 Å². The summed E-state index contributed by atoms with van der Waals surface area (Å²) < 4.78 is 0. The van der Waals surface area contributed by atoms with Crippen molar-refractivity contribution in [2.45, 2.75) is 26.7 Å². The van der Waals surface area contributed by atoms with Gasteiger partial charge in [0.15, 0.2) is 0 Å². The molecule has 25 heavy (non-hydrogen) atoms. The van der Waals surface area contributed by atoms with Gasteiger partial charge in [-0.2, -0.15) is 0 Å². The minimum atomic E-state index is -0.154. The molecule has 3 rings (SSSR count). The Balaban J connectivity index is 1.50. The molecule has 5 nitrogen and oxygen atoms in total. The number of carbonyl (C=O) groups is 2. The number of hydrogen-bond donors (Lipinski definition) is 0. The fourth-order valence-electron chi connectivity index (χ4n) is 3.72. The van der Waals surface area contributed by atoms with E-state index in [1.165, 1.54) is 11.1 Å². The molecule has 5 heteroatoms. The largest absolute Gasteiger partial charge is 0.342 e. The second-order valence-corrected chi connectivity index (χ2v) is 7.24. The van der Waals surface area contributed by atoms with Gasteiger partial charge in [-0.1, -0.05) is 36.8 Å². The Morgan fingerprint density at radius 2 is 1.80 bits per heavy atom. The minimum absolute atomic E-state index is 0.123. The summed E-state index contributed by atoms with van der Waals surface area (Å²) in [6.07, 6.45) is 1.23. The Morgan fingerprint density at radius 1 is 1.12 bits per heavy atom. The average molecular weight is 343 g/mol. The Hall–Kier alpha value is -1.88. The number of piperazine rings is 1. The van der Waals surface area contributed by atoms with Gasteiger partial charge in [-0.3, -0.25) is 9.59 Å². The zero-order chi connectivity index (χ0) is 17.8. The van der Waals surface area contributed by atoms with E-state index in [1.54, 1.807) is 0 Å². The van der Waals surface area contributed by atoms with E-state index in [-0.39, 0.29) is 17.7 Å². The predicted octanol–water partition coefficient (Wildman–Crippen LogP) is 1.55. The van der Waals surface area contributed by atoms with E-state index in [4.69, 9.17) is 0 Å². The molecule has 0 radical (unpaired) electrons. The minimum Gasteiger partial charge on any atom is -0.342 e. The Kier molecular flexibility index (Phi) is 5.74. The smallest absolute Gasteiger partial charge is 0.228 e. The molecular weight excluding hydrogens is 314 g/mol. The number of nitrogens with zero attached hydrogens (tertiary/aromatic N) is 3. The van der Waals surface area contributed by atoms with Crippen molar-refractivity contribution in [1.82, 2.24) is 14.7 Å². The molecule has 2 heterocycles. The van der Waals surface area contributed by atoms with Gasteiger partial charge in [-0.05, 0) is 25.5 Å². The van der Waals surface area contributed by atoms with Crippen LogP contribution in [0.2, 0.25) is 0 Å². The highest BCUT2D eigenvalue weighted by molar-refractivity contribution is 5.89. The van der Waals surface area contributed by atoms with Crippen molar-refractivity contribution in [3.8, 4) is 0 Å². The van der Waals surface area contributed by atoms with E-state index in [9.17, 15) is 9.59 Å². The third-order valence-corrected chi connectivity index (χ3v) is 5.49. The molecule has 2 fully saturated rings. The summed E-state index contributed by atoms with van der Waals surface area (Å²) in [5.74, 6) is 0.137. The highest BCUT2D eigenvalue weighted by Crippen LogP contribution is 2.21. The normalized spacial score (nSPS) is 21.8. The molecule has 136 valence electrons. The van der Waals surface area contributed by atoms with Crippen molar-refractivity contribution in [1.29, 1.82) is 0 Å². The van der Waals surface area contributed by atoms with E-state index < -0.39 is 0 Å². The summed E-state index contributed by atoms with van der Waals surface area (Å²) in [5.41, 5.74) is 2.48. The molecule has 1 aromatic rings. The second-order valence-electron chi connectivity index (χ2n) is 7.24. The zero-order valence-corrected chi connectivity index (χ0v) is 15.4. The number of rotatable bonds is 5. The third-order valence-electron chi connectivity index (χ3n) is 5.49. The molecule has 0 aromatic heterocycles. The lowest BCUT2D eigenvalue weighted by Gasteiger charge is -2.35. The number of hydrogen-bond acceptors (Lipinski definition) is 3. The quantitative estimate of drug-likeness (QED) is 0.815. The van der Waals surface area contributed by atoms with Gasteiger partial charge in [0.05, 0.1) is 5.92 Å². The maximum atomic E-state index is 12.7. The lowest BCUT2D eigenvalue weighted by atomic mass is 10.1. The first-order chi connectivity index (χ1) is 12.1. The molecule has 0 spiro atoms. The lowest BCUT2D eigenvalue weighted by Crippen LogP contribution is -2.50. The van der Waals surface area contributed by atoms with Crippen LogP contribution in [-0.4, -0.2) is 72.3 Å². The van der Waals surface area contributed by atoms with E-state index in [0.717, 1.165) is 39.1 Å². The number of benzene rings is 1. The molecule has 2 aliphatic rings. The van der Waals surface area contributed by atoms with Crippen LogP contribution in [0.25, 0.3) is 0 Å². The van der Waals surface area contributed by atoms with E-state index >= 15 is 0 Å². The number of likely N-dealkylation sites (tertiary alicyclic amines) is 1. The van der Waals surface area contributed by atoms with E-state index in [0.29, 0.717) is 19.5 Å². The van der Waals surface area contributed by atoms with Crippen molar-refractivity contribution in [3.63, 3.8) is 0 Å². The molecule has 0 saturated carbocycles. The van der Waals surface area contributed by atoms with Crippen LogP contribution in [0, 0.1) is 12.8 Å². The number of likely N-dealkylation sites (N-methyl/N-ethyl adjacent to an activating group) is 1. The predicted molar refractivity (Wildman–Crippen MR) is 98.3 cm³/mol. The van der Waals surface area contributed by atoms with E-state index in [1.807, 2.05) is 9.80 Å². The molecule has 1 unspecified atom stereocenters. The highest BCUT2D eigenvalue weighted by atomic mass is 16.2. The molecule has 1 aromatic carbocycles. The molecular formula is C20H29N3O2. The summed E-state index contributed by atoms with van der Waals surface area (Å²) in [7, 11) is 0. The standard InChI is InChI=1S/C20H29N3O2/c1-3-21-10-12-22(13-11-21)20(25)18-14-19(24)23(15-18)9-8-17-6-4-16(2)5-7-17/h4-7,18H,3,8-15H2,1-2H3. The van der Waals surface area contributed by atoms with Gasteiger partial charge < -0.3 is 14.7 Å². The molecule has 0 N–H and O–H groups in total. The van der Waals surface area contributed by atoms with Crippen molar-refractivity contribution in [2.75, 3.05) is 45.8 Å². The summed E-state index contributed by atoms with van der Waals surface area (Å²) in [5, 5.41) is 0. The summed E-state index contributed by atoms with van der Waals surface area (Å²) in [4.78, 5) is 31.2. The van der Waals surface area contributed by atoms with Gasteiger partial charge >= 0.3 is 0 Å². The lowest BCUT2D eigenvalue weighted by molar-refractivity contribution is -0.137. The number of amides is 2. The zero-order valence-electron chi connectivity index (χ0n) is 15.4. The number of carbonyl (C=O) groups excluding carboxylic acids is 2. The molecule has 1 atom stereocenters. The number of aryl methyl sites for hydroxylation is 1. The Labute approximate surface area is 150 Å². The average Bonchev–Trinajstić information content (AvgIpc) is 3.01. The van der Waals surface area contributed by atoms with Crippen LogP contribution >= 0.6 is 0 Å². The third kappa shape index (κ3) is 4.40. The van der Waals surface area contributed by atoms with Crippen molar-refractivity contribution in [3.05, 3.63) is 35.4 Å². The van der Waals surface area contributed by atoms with Crippen LogP contribution in [-0.2, 0) is 16.0 Å². The van der Waals surface area contributed by atoms with Crippen molar-refractivity contribution >= 4 is 11.8 Å². The topological polar surface area (TPSA) is 43.9 Å². The monoisotopic (exact) mass is 343 g/mol. The van der Waals surface area contributed by atoms with Gasteiger partial charge in [-0.25, -0.2) is 0 Å². The van der Waals surface area contributed by atoms with Gasteiger partial charge in [0.2, 0.25) is 11.8 Å². The first-order valence-electron chi connectivity index (χ1n) is 9.41. The summed E-state index contributed by atoms with van der Waals surface area (Å²) >= 11 is 0. The second kappa shape index (κ2) is 8.00. The van der Waals surface area contributed by atoms with Gasteiger partial charge in [0.25, 0.3) is 0 Å². The maximum absolute atomic E-state index is 12.7. The van der Waals surface area contributed by atoms with Gasteiger partial charge in [-0.15, -0.1) is 0 Å². The molecule has 2 amide bonds. The van der Waals surface area contributed by atoms with Crippen LogP contribution in [0.4, 0.5) is 0 Å². The molecule has 2 aliphatic heterocycles. The van der Waals surface area contributed by atoms with Crippen LogP contribution < -0.4 is 0 Å². The highest BCUT2D eigenvalue weighted by Gasteiger charge is 2.36. The fourth-order valence-corrected chi connectivity index (χ4v) is 3.72. The van der Waals surface area contributed by atoms with Crippen LogP contribution in [0.15, 0.2) is 24.3 Å². The van der Waals surface area contributed by atoms with E-state index in [2.05, 4.69) is 43.0 Å². The first kappa shape index (κ1) is 17.9. The van der Waals surface area contributed by atoms with Crippen molar-refractivity contribution in [2.24, 2.45) is 5.92 Å². The molecule has 0 aliphatic carbocycles. The van der Waals surface area contributed by atoms with Crippen LogP contribution in [0.5, 0.6) is 0 Å². The Morgan fingerprint density at radius 3 is 2.44 bits per heavy atom. The van der Waals surface area contributed by atoms with Crippen LogP contribution in [0.3, 0.4) is 0 Å². The first-order valence-corrected chi connectivity index (χ1v) is 9.41.